The summed E-state index contributed by atoms with van der Waals surface area (Å²) in [5, 5.41) is 2.42. The normalized spacial score (nSPS) is 11.3. The van der Waals surface area contributed by atoms with Gasteiger partial charge >= 0.3 is 0 Å². The predicted molar refractivity (Wildman–Crippen MR) is 252 cm³/mol. The SMILES string of the molecule is c1ccc(-c2ccc(-c3nc(-c4ccc(-c5ccccc5)cc4)nc(-c4cc(-c5ccccc5)c(-n5c6ccccc6c6ccccc65)c(-c5ccccc5)c4)n3)cc2)cc1. The fraction of sp³-hybridized carbons (Fsp3) is 0. The summed E-state index contributed by atoms with van der Waals surface area (Å²) in [6.45, 7) is 0. The topological polar surface area (TPSA) is 43.6 Å². The zero-order valence-electron chi connectivity index (χ0n) is 33.2. The maximum Gasteiger partial charge on any atom is 0.164 e. The third kappa shape index (κ3) is 6.76. The molecule has 0 fully saturated rings. The van der Waals surface area contributed by atoms with Crippen molar-refractivity contribution in [2.24, 2.45) is 0 Å². The number of para-hydroxylation sites is 2. The highest BCUT2D eigenvalue weighted by Crippen LogP contribution is 2.44. The molecule has 0 aliphatic rings. The lowest BCUT2D eigenvalue weighted by molar-refractivity contribution is 1.07. The van der Waals surface area contributed by atoms with E-state index in [1.807, 2.05) is 12.1 Å². The largest absolute Gasteiger partial charge is 0.308 e. The predicted octanol–water partition coefficient (Wildman–Crippen LogP) is 14.6. The minimum atomic E-state index is 0.599. The molecule has 0 atom stereocenters. The minimum Gasteiger partial charge on any atom is -0.308 e. The Hall–Kier alpha value is -8.21. The van der Waals surface area contributed by atoms with Gasteiger partial charge in [-0.3, -0.25) is 0 Å². The number of benzene rings is 9. The molecule has 0 amide bonds. The molecule has 0 spiro atoms. The maximum absolute atomic E-state index is 5.30. The third-order valence-corrected chi connectivity index (χ3v) is 11.5. The van der Waals surface area contributed by atoms with E-state index < -0.39 is 0 Å². The summed E-state index contributed by atoms with van der Waals surface area (Å²) in [6.07, 6.45) is 0. The second-order valence-electron chi connectivity index (χ2n) is 15.2. The van der Waals surface area contributed by atoms with Gasteiger partial charge in [0, 0.05) is 38.6 Å². The van der Waals surface area contributed by atoms with Crippen LogP contribution in [-0.2, 0) is 0 Å². The third-order valence-electron chi connectivity index (χ3n) is 11.5. The molecule has 11 aromatic rings. The zero-order valence-corrected chi connectivity index (χ0v) is 33.2. The number of fused-ring (bicyclic) bond motifs is 3. The van der Waals surface area contributed by atoms with E-state index in [-0.39, 0.29) is 0 Å². The van der Waals surface area contributed by atoms with Crippen LogP contribution < -0.4 is 0 Å². The Kier molecular flexibility index (Phi) is 9.14. The van der Waals surface area contributed by atoms with Crippen LogP contribution in [0.5, 0.6) is 0 Å². The Morgan fingerprint density at radius 3 is 0.934 bits per heavy atom. The van der Waals surface area contributed by atoms with Crippen molar-refractivity contribution in [3.8, 4) is 84.4 Å². The number of nitrogens with zero attached hydrogens (tertiary/aromatic N) is 4. The van der Waals surface area contributed by atoms with Crippen LogP contribution in [0.1, 0.15) is 0 Å². The van der Waals surface area contributed by atoms with E-state index in [9.17, 15) is 0 Å². The van der Waals surface area contributed by atoms with Crippen molar-refractivity contribution in [2.45, 2.75) is 0 Å². The second-order valence-corrected chi connectivity index (χ2v) is 15.2. The Morgan fingerprint density at radius 2 is 0.541 bits per heavy atom. The Labute approximate surface area is 354 Å². The average Bonchev–Trinajstić information content (AvgIpc) is 3.68. The van der Waals surface area contributed by atoms with Crippen LogP contribution in [0.25, 0.3) is 106 Å². The summed E-state index contributed by atoms with van der Waals surface area (Å²) in [5.74, 6) is 1.82. The van der Waals surface area contributed by atoms with Crippen LogP contribution >= 0.6 is 0 Å². The average molecular weight is 779 g/mol. The molecule has 0 radical (unpaired) electrons. The van der Waals surface area contributed by atoms with Crippen LogP contribution in [0.15, 0.2) is 231 Å². The van der Waals surface area contributed by atoms with Gasteiger partial charge < -0.3 is 4.57 Å². The van der Waals surface area contributed by atoms with Gasteiger partial charge in [-0.1, -0.05) is 206 Å². The molecular weight excluding hydrogens is 741 g/mol. The molecule has 0 saturated heterocycles. The number of hydrogen-bond acceptors (Lipinski definition) is 3. The van der Waals surface area contributed by atoms with Crippen LogP contribution in [0.4, 0.5) is 0 Å². The molecule has 0 N–H and O–H groups in total. The molecule has 61 heavy (non-hydrogen) atoms. The van der Waals surface area contributed by atoms with Crippen molar-refractivity contribution in [3.63, 3.8) is 0 Å². The molecule has 0 saturated carbocycles. The molecule has 4 heteroatoms. The summed E-state index contributed by atoms with van der Waals surface area (Å²) in [6, 6.07) is 81.2. The first kappa shape index (κ1) is 35.9. The van der Waals surface area contributed by atoms with E-state index in [4.69, 9.17) is 15.0 Å². The molecule has 4 nitrogen and oxygen atoms in total. The highest BCUT2D eigenvalue weighted by atomic mass is 15.0. The number of aromatic nitrogens is 4. The van der Waals surface area contributed by atoms with E-state index in [2.05, 4.69) is 223 Å². The summed E-state index contributed by atoms with van der Waals surface area (Å²) >= 11 is 0. The summed E-state index contributed by atoms with van der Waals surface area (Å²) in [4.78, 5) is 15.8. The fourth-order valence-corrected chi connectivity index (χ4v) is 8.49. The van der Waals surface area contributed by atoms with E-state index in [1.165, 1.54) is 10.8 Å². The van der Waals surface area contributed by atoms with E-state index >= 15 is 0 Å². The molecular formula is C57H38N4. The van der Waals surface area contributed by atoms with E-state index in [0.29, 0.717) is 17.5 Å². The smallest absolute Gasteiger partial charge is 0.164 e. The lowest BCUT2D eigenvalue weighted by Crippen LogP contribution is -2.04. The Morgan fingerprint density at radius 1 is 0.246 bits per heavy atom. The molecule has 0 bridgehead atoms. The summed E-state index contributed by atoms with van der Waals surface area (Å²) in [7, 11) is 0. The summed E-state index contributed by atoms with van der Waals surface area (Å²) in [5.41, 5.74) is 15.1. The summed E-state index contributed by atoms with van der Waals surface area (Å²) < 4.78 is 2.44. The second kappa shape index (κ2) is 15.5. The highest BCUT2D eigenvalue weighted by molar-refractivity contribution is 6.10. The molecule has 0 aliphatic heterocycles. The Bertz CT molecular complexity index is 3090. The van der Waals surface area contributed by atoms with Crippen LogP contribution in [0, 0.1) is 0 Å². The van der Waals surface area contributed by atoms with Gasteiger partial charge in [-0.05, 0) is 57.6 Å². The van der Waals surface area contributed by atoms with Gasteiger partial charge in [0.05, 0.1) is 16.7 Å². The van der Waals surface area contributed by atoms with Gasteiger partial charge in [-0.2, -0.15) is 0 Å². The quantitative estimate of drug-likeness (QED) is 0.154. The first-order chi connectivity index (χ1) is 30.2. The van der Waals surface area contributed by atoms with Crippen LogP contribution in [0.3, 0.4) is 0 Å². The lowest BCUT2D eigenvalue weighted by Gasteiger charge is -2.21. The standard InChI is InChI=1S/C57H38N4/c1-5-17-39(18-6-1)41-29-33-45(34-30-41)55-58-56(46-35-31-42(32-36-46)40-19-7-2-8-20-40)60-57(59-55)47-37-50(43-21-9-3-10-22-43)54(51(38-47)44-23-11-4-12-24-44)61-52-27-15-13-25-48(52)49-26-14-16-28-53(49)61/h1-38H. The van der Waals surface area contributed by atoms with Gasteiger partial charge in [-0.15, -0.1) is 0 Å². The molecule has 0 unspecified atom stereocenters. The first-order valence-corrected chi connectivity index (χ1v) is 20.6. The minimum absolute atomic E-state index is 0.599. The number of rotatable bonds is 8. The van der Waals surface area contributed by atoms with Crippen molar-refractivity contribution in [1.29, 1.82) is 0 Å². The Balaban J connectivity index is 1.16. The van der Waals surface area contributed by atoms with E-state index in [0.717, 1.165) is 77.9 Å². The van der Waals surface area contributed by atoms with E-state index in [1.54, 1.807) is 0 Å². The molecule has 2 aromatic heterocycles. The molecule has 0 aliphatic carbocycles. The van der Waals surface area contributed by atoms with Crippen LogP contribution in [-0.4, -0.2) is 19.5 Å². The van der Waals surface area contributed by atoms with Crippen molar-refractivity contribution in [2.75, 3.05) is 0 Å². The maximum atomic E-state index is 5.30. The van der Waals surface area contributed by atoms with Crippen molar-refractivity contribution >= 4 is 21.8 Å². The fourth-order valence-electron chi connectivity index (χ4n) is 8.49. The van der Waals surface area contributed by atoms with Gasteiger partial charge in [-0.25, -0.2) is 15.0 Å². The van der Waals surface area contributed by atoms with Crippen molar-refractivity contribution in [3.05, 3.63) is 231 Å². The van der Waals surface area contributed by atoms with Crippen molar-refractivity contribution < 1.29 is 0 Å². The molecule has 286 valence electrons. The van der Waals surface area contributed by atoms with Gasteiger partial charge in [0.2, 0.25) is 0 Å². The van der Waals surface area contributed by atoms with Crippen molar-refractivity contribution in [1.82, 2.24) is 19.5 Å². The molecule has 11 rings (SSSR count). The lowest BCUT2D eigenvalue weighted by atomic mass is 9.92. The zero-order chi connectivity index (χ0) is 40.5. The monoisotopic (exact) mass is 778 g/mol. The van der Waals surface area contributed by atoms with Gasteiger partial charge in [0.25, 0.3) is 0 Å². The molecule has 9 aromatic carbocycles. The number of hydrogen-bond donors (Lipinski definition) is 0. The molecule has 2 heterocycles. The van der Waals surface area contributed by atoms with Gasteiger partial charge in [0.1, 0.15) is 0 Å². The van der Waals surface area contributed by atoms with Gasteiger partial charge in [0.15, 0.2) is 17.5 Å². The first-order valence-electron chi connectivity index (χ1n) is 20.6. The van der Waals surface area contributed by atoms with Crippen LogP contribution in [0.2, 0.25) is 0 Å². The highest BCUT2D eigenvalue weighted by Gasteiger charge is 2.23.